The van der Waals surface area contributed by atoms with Crippen molar-refractivity contribution in [3.05, 3.63) is 36.2 Å². The van der Waals surface area contributed by atoms with Gasteiger partial charge in [0.2, 0.25) is 0 Å². The first-order chi connectivity index (χ1) is 15.7. The van der Waals surface area contributed by atoms with Crippen molar-refractivity contribution in [3.63, 3.8) is 0 Å². The average molecular weight is 520 g/mol. The minimum Gasteiger partial charge on any atom is -0.406 e. The van der Waals surface area contributed by atoms with Crippen molar-refractivity contribution in [2.45, 2.75) is 26.3 Å². The van der Waals surface area contributed by atoms with Crippen molar-refractivity contribution >= 4 is 45.0 Å². The maximum absolute atomic E-state index is 13.4. The Labute approximate surface area is 204 Å². The number of thiazole rings is 1. The van der Waals surface area contributed by atoms with Gasteiger partial charge in [0.05, 0.1) is 23.4 Å². The van der Waals surface area contributed by atoms with Gasteiger partial charge in [0.15, 0.2) is 10.8 Å². The van der Waals surface area contributed by atoms with Crippen LogP contribution in [0.2, 0.25) is 0 Å². The quantitative estimate of drug-likeness (QED) is 0.461. The van der Waals surface area contributed by atoms with E-state index in [1.807, 2.05) is 13.8 Å². The Bertz CT molecular complexity index is 1110. The Morgan fingerprint density at radius 1 is 1.26 bits per heavy atom. The summed E-state index contributed by atoms with van der Waals surface area (Å²) in [4.78, 5) is 21.6. The van der Waals surface area contributed by atoms with Crippen LogP contribution in [0, 0.1) is 0 Å². The summed E-state index contributed by atoms with van der Waals surface area (Å²) in [7, 11) is 0. The second kappa shape index (κ2) is 10.9. The monoisotopic (exact) mass is 519 g/mol. The first-order valence-electron chi connectivity index (χ1n) is 10.5. The van der Waals surface area contributed by atoms with Crippen LogP contribution in [0.1, 0.15) is 30.4 Å². The fourth-order valence-corrected chi connectivity index (χ4v) is 4.45. The Morgan fingerprint density at radius 3 is 2.65 bits per heavy atom. The number of amides is 1. The molecule has 186 valence electrons. The molecule has 8 nitrogen and oxygen atoms in total. The number of anilines is 1. The first-order valence-corrected chi connectivity index (χ1v) is 11.3. The largest absolute Gasteiger partial charge is 0.573 e. The Hall–Kier alpha value is -2.41. The number of fused-ring (bicyclic) bond motifs is 1. The van der Waals surface area contributed by atoms with Gasteiger partial charge in [0, 0.05) is 44.5 Å². The molecule has 1 aromatic carbocycles. The van der Waals surface area contributed by atoms with Crippen molar-refractivity contribution in [2.75, 3.05) is 44.3 Å². The Morgan fingerprint density at radius 2 is 2.00 bits per heavy atom. The third-order valence-corrected chi connectivity index (χ3v) is 6.20. The van der Waals surface area contributed by atoms with Crippen LogP contribution in [-0.2, 0) is 4.74 Å². The molecular formula is C21H25ClF3N5O3S. The molecule has 3 heterocycles. The lowest BCUT2D eigenvalue weighted by Gasteiger charge is -2.29. The number of benzene rings is 1. The fourth-order valence-electron chi connectivity index (χ4n) is 3.43. The van der Waals surface area contributed by atoms with Gasteiger partial charge in [0.1, 0.15) is 5.75 Å². The molecule has 1 fully saturated rings. The molecule has 4 rings (SSSR count). The highest BCUT2D eigenvalue weighted by Crippen LogP contribution is 2.33. The maximum atomic E-state index is 13.4. The topological polar surface area (TPSA) is 72.7 Å². The number of aromatic nitrogens is 3. The molecule has 2 aromatic heterocycles. The van der Waals surface area contributed by atoms with Gasteiger partial charge in [0.25, 0.3) is 5.91 Å². The predicted octanol–water partition coefficient (Wildman–Crippen LogP) is 4.37. The van der Waals surface area contributed by atoms with Crippen molar-refractivity contribution < 1.29 is 27.4 Å². The van der Waals surface area contributed by atoms with Crippen molar-refractivity contribution in [2.24, 2.45) is 0 Å². The van der Waals surface area contributed by atoms with Crippen molar-refractivity contribution in [1.29, 1.82) is 0 Å². The van der Waals surface area contributed by atoms with Crippen molar-refractivity contribution in [3.8, 4) is 5.75 Å². The van der Waals surface area contributed by atoms with Gasteiger partial charge in [-0.25, -0.2) is 4.98 Å². The lowest BCUT2D eigenvalue weighted by Crippen LogP contribution is -2.43. The van der Waals surface area contributed by atoms with Gasteiger partial charge in [-0.15, -0.1) is 25.6 Å². The van der Waals surface area contributed by atoms with E-state index >= 15 is 0 Å². The van der Waals surface area contributed by atoms with Gasteiger partial charge in [-0.3, -0.25) is 19.3 Å². The summed E-state index contributed by atoms with van der Waals surface area (Å²) < 4.78 is 49.4. The van der Waals surface area contributed by atoms with E-state index in [-0.39, 0.29) is 35.8 Å². The average Bonchev–Trinajstić information content (AvgIpc) is 3.40. The molecule has 34 heavy (non-hydrogen) atoms. The molecule has 0 N–H and O–H groups in total. The highest BCUT2D eigenvalue weighted by Gasteiger charge is 2.31. The molecule has 0 aliphatic carbocycles. The van der Waals surface area contributed by atoms with Gasteiger partial charge in [-0.1, -0.05) is 11.3 Å². The molecular weight excluding hydrogens is 495 g/mol. The highest BCUT2D eigenvalue weighted by atomic mass is 35.5. The minimum absolute atomic E-state index is 0. The Balaban J connectivity index is 0.00000324. The number of hydrogen-bond acceptors (Lipinski definition) is 7. The lowest BCUT2D eigenvalue weighted by atomic mass is 10.3. The van der Waals surface area contributed by atoms with Crippen molar-refractivity contribution in [1.82, 2.24) is 19.7 Å². The molecule has 0 saturated carbocycles. The van der Waals surface area contributed by atoms with E-state index < -0.39 is 6.36 Å². The van der Waals surface area contributed by atoms with Crippen LogP contribution in [0.3, 0.4) is 0 Å². The molecule has 1 saturated heterocycles. The number of nitrogens with zero attached hydrogens (tertiary/aromatic N) is 5. The maximum Gasteiger partial charge on any atom is 0.573 e. The molecule has 3 aromatic rings. The smallest absolute Gasteiger partial charge is 0.406 e. The summed E-state index contributed by atoms with van der Waals surface area (Å²) in [6.07, 6.45) is -3.03. The summed E-state index contributed by atoms with van der Waals surface area (Å²) in [5.41, 5.74) is 0.771. The second-order valence-corrected chi connectivity index (χ2v) is 8.87. The SMILES string of the molecule is CC(C)n1ccc(C(=O)N(CCN2CCOCC2)c2nc3ccc(OC(F)(F)F)cc3s2)n1.Cl. The summed E-state index contributed by atoms with van der Waals surface area (Å²) >= 11 is 1.14. The second-order valence-electron chi connectivity index (χ2n) is 7.86. The fraction of sp³-hybridized carbons (Fsp3) is 0.476. The van der Waals surface area contributed by atoms with Crippen LogP contribution in [0.5, 0.6) is 5.75 Å². The molecule has 1 aliphatic rings. The molecule has 0 spiro atoms. The van der Waals surface area contributed by atoms with Crippen LogP contribution in [0.25, 0.3) is 10.2 Å². The number of hydrogen-bond donors (Lipinski definition) is 0. The zero-order valence-electron chi connectivity index (χ0n) is 18.6. The van der Waals surface area contributed by atoms with E-state index in [4.69, 9.17) is 4.74 Å². The Kier molecular flexibility index (Phi) is 8.39. The number of carbonyl (C=O) groups excluding carboxylic acids is 1. The normalized spacial score (nSPS) is 14.9. The van der Waals surface area contributed by atoms with Crippen LogP contribution in [0.15, 0.2) is 30.5 Å². The summed E-state index contributed by atoms with van der Waals surface area (Å²) in [6, 6.07) is 5.70. The van der Waals surface area contributed by atoms with Gasteiger partial charge in [-0.2, -0.15) is 5.10 Å². The van der Waals surface area contributed by atoms with E-state index in [0.29, 0.717) is 41.7 Å². The molecule has 0 bridgehead atoms. The summed E-state index contributed by atoms with van der Waals surface area (Å²) in [5.74, 6) is -0.638. The van der Waals surface area contributed by atoms with E-state index in [9.17, 15) is 18.0 Å². The summed E-state index contributed by atoms with van der Waals surface area (Å²) in [6.45, 7) is 7.70. The number of alkyl halides is 3. The zero-order valence-corrected chi connectivity index (χ0v) is 20.3. The van der Waals surface area contributed by atoms with Gasteiger partial charge in [-0.05, 0) is 32.0 Å². The molecule has 1 aliphatic heterocycles. The molecule has 0 radical (unpaired) electrons. The van der Waals surface area contributed by atoms with Crippen LogP contribution in [0.4, 0.5) is 18.3 Å². The number of morpholine rings is 1. The van der Waals surface area contributed by atoms with E-state index in [2.05, 4.69) is 19.7 Å². The van der Waals surface area contributed by atoms with E-state index in [1.54, 1.807) is 16.9 Å². The van der Waals surface area contributed by atoms with Gasteiger partial charge < -0.3 is 9.47 Å². The predicted molar refractivity (Wildman–Crippen MR) is 125 cm³/mol. The highest BCUT2D eigenvalue weighted by molar-refractivity contribution is 7.22. The van der Waals surface area contributed by atoms with E-state index in [1.165, 1.54) is 23.1 Å². The summed E-state index contributed by atoms with van der Waals surface area (Å²) in [5, 5.41) is 4.78. The van der Waals surface area contributed by atoms with Crippen LogP contribution in [-0.4, -0.2) is 71.3 Å². The molecule has 0 unspecified atom stereocenters. The third kappa shape index (κ3) is 6.38. The molecule has 13 heteroatoms. The minimum atomic E-state index is -4.78. The van der Waals surface area contributed by atoms with Crippen LogP contribution < -0.4 is 9.64 Å². The molecule has 1 amide bonds. The number of rotatable bonds is 7. The lowest BCUT2D eigenvalue weighted by molar-refractivity contribution is -0.274. The number of carbonyl (C=O) groups is 1. The standard InChI is InChI=1S/C21H24F3N5O3S.ClH/c1-14(2)29-6-5-17(26-29)19(30)28(8-7-27-9-11-31-12-10-27)20-25-16-4-3-15(13-18(16)33-20)32-21(22,23)24;/h3-6,13-14H,7-12H2,1-2H3;1H. The molecule has 0 atom stereocenters. The van der Waals surface area contributed by atoms with Gasteiger partial charge >= 0.3 is 6.36 Å². The first kappa shape index (κ1) is 26.2. The third-order valence-electron chi connectivity index (χ3n) is 5.16. The van der Waals surface area contributed by atoms with E-state index in [0.717, 1.165) is 24.4 Å². The zero-order chi connectivity index (χ0) is 23.6. The van der Waals surface area contributed by atoms with Crippen LogP contribution >= 0.6 is 23.7 Å². The number of halogens is 4. The number of ether oxygens (including phenoxy) is 2.